The second-order valence-corrected chi connectivity index (χ2v) is 6.91. The second kappa shape index (κ2) is 4.29. The Labute approximate surface area is 125 Å². The van der Waals surface area contributed by atoms with E-state index in [-0.39, 0.29) is 0 Å². The summed E-state index contributed by atoms with van der Waals surface area (Å²) in [6.45, 7) is 3.66. The lowest BCUT2D eigenvalue weighted by atomic mass is 9.85. The molecule has 2 fully saturated rings. The van der Waals surface area contributed by atoms with Crippen LogP contribution in [0.2, 0.25) is 0 Å². The minimum Gasteiger partial charge on any atom is -0.451 e. The molecule has 1 unspecified atom stereocenters. The molecule has 0 bridgehead atoms. The fourth-order valence-electron chi connectivity index (χ4n) is 4.15. The summed E-state index contributed by atoms with van der Waals surface area (Å²) in [5, 5.41) is 0. The molecule has 1 aliphatic carbocycles. The molecule has 4 nitrogen and oxygen atoms in total. The molecule has 21 heavy (non-hydrogen) atoms. The van der Waals surface area contributed by atoms with Crippen molar-refractivity contribution in [3.05, 3.63) is 35.4 Å². The summed E-state index contributed by atoms with van der Waals surface area (Å²) in [6, 6.07) is 0. The topological polar surface area (TPSA) is 30.9 Å². The molecule has 112 valence electrons. The van der Waals surface area contributed by atoms with Crippen molar-refractivity contribution < 1.29 is 14.2 Å². The van der Waals surface area contributed by atoms with Crippen molar-refractivity contribution in [3.63, 3.8) is 0 Å². The number of fused-ring (bicyclic) bond motifs is 2. The first-order valence-corrected chi connectivity index (χ1v) is 8.11. The van der Waals surface area contributed by atoms with Gasteiger partial charge < -0.3 is 19.1 Å². The van der Waals surface area contributed by atoms with Crippen LogP contribution in [0.15, 0.2) is 35.4 Å². The van der Waals surface area contributed by atoms with E-state index in [9.17, 15) is 0 Å². The van der Waals surface area contributed by atoms with E-state index in [4.69, 9.17) is 14.2 Å². The average molecular weight is 287 g/mol. The Morgan fingerprint density at radius 3 is 2.90 bits per heavy atom. The van der Waals surface area contributed by atoms with Crippen LogP contribution in [0.4, 0.5) is 0 Å². The van der Waals surface area contributed by atoms with Gasteiger partial charge in [-0.2, -0.15) is 0 Å². The summed E-state index contributed by atoms with van der Waals surface area (Å²) >= 11 is 0. The zero-order valence-corrected chi connectivity index (χ0v) is 12.2. The molecule has 1 saturated heterocycles. The first-order chi connectivity index (χ1) is 10.3. The molecule has 0 N–H and O–H groups in total. The van der Waals surface area contributed by atoms with Crippen LogP contribution < -0.4 is 0 Å². The molecular formula is C17H21NO3. The molecular weight excluding hydrogens is 266 g/mol. The highest BCUT2D eigenvalue weighted by atomic mass is 16.7. The molecule has 0 amide bonds. The molecule has 5 aliphatic rings. The largest absolute Gasteiger partial charge is 0.451 e. The lowest BCUT2D eigenvalue weighted by Gasteiger charge is -2.37. The van der Waals surface area contributed by atoms with E-state index in [2.05, 4.69) is 11.0 Å². The van der Waals surface area contributed by atoms with Crippen LogP contribution in [0.1, 0.15) is 25.7 Å². The van der Waals surface area contributed by atoms with Gasteiger partial charge in [-0.05, 0) is 29.6 Å². The number of nitrogens with zero attached hydrogens (tertiary/aromatic N) is 1. The van der Waals surface area contributed by atoms with E-state index in [1.54, 1.807) is 12.5 Å². The van der Waals surface area contributed by atoms with Crippen LogP contribution in [0.25, 0.3) is 0 Å². The van der Waals surface area contributed by atoms with Gasteiger partial charge in [-0.15, -0.1) is 0 Å². The normalized spacial score (nSPS) is 32.7. The Morgan fingerprint density at radius 2 is 2.10 bits per heavy atom. The van der Waals surface area contributed by atoms with E-state index in [0.717, 1.165) is 38.6 Å². The van der Waals surface area contributed by atoms with Gasteiger partial charge in [0.1, 0.15) is 12.5 Å². The van der Waals surface area contributed by atoms with Crippen LogP contribution in [0.3, 0.4) is 0 Å². The van der Waals surface area contributed by atoms with Crippen LogP contribution in [0, 0.1) is 11.8 Å². The molecule has 0 aromatic carbocycles. The van der Waals surface area contributed by atoms with Gasteiger partial charge in [0.2, 0.25) is 0 Å². The molecule has 0 aromatic rings. The van der Waals surface area contributed by atoms with E-state index < -0.39 is 5.79 Å². The highest BCUT2D eigenvalue weighted by Crippen LogP contribution is 2.46. The third-order valence-electron chi connectivity index (χ3n) is 5.45. The number of hydrogen-bond donors (Lipinski definition) is 0. The molecule has 1 saturated carbocycles. The number of allylic oxidation sites excluding steroid dienone is 1. The molecule has 4 heterocycles. The second-order valence-electron chi connectivity index (χ2n) is 6.91. The smallest absolute Gasteiger partial charge is 0.293 e. The monoisotopic (exact) mass is 287 g/mol. The molecule has 0 aromatic heterocycles. The predicted molar refractivity (Wildman–Crippen MR) is 77.0 cm³/mol. The SMILES string of the molecule is C1=COC2(CCN3CC4=C(C=C32)C(CC2CC2)COC4)O1. The molecule has 4 aliphatic heterocycles. The zero-order chi connectivity index (χ0) is 13.9. The van der Waals surface area contributed by atoms with E-state index >= 15 is 0 Å². The summed E-state index contributed by atoms with van der Waals surface area (Å²) in [4.78, 5) is 2.40. The Bertz CT molecular complexity index is 550. The van der Waals surface area contributed by atoms with Gasteiger partial charge in [0.15, 0.2) is 0 Å². The van der Waals surface area contributed by atoms with Crippen LogP contribution in [0.5, 0.6) is 0 Å². The van der Waals surface area contributed by atoms with Crippen molar-refractivity contribution >= 4 is 0 Å². The summed E-state index contributed by atoms with van der Waals surface area (Å²) in [6.07, 6.45) is 10.7. The van der Waals surface area contributed by atoms with Crippen molar-refractivity contribution in [1.29, 1.82) is 0 Å². The maximum Gasteiger partial charge on any atom is 0.293 e. The molecule has 4 heteroatoms. The minimum absolute atomic E-state index is 0.541. The summed E-state index contributed by atoms with van der Waals surface area (Å²) in [7, 11) is 0. The summed E-state index contributed by atoms with van der Waals surface area (Å²) in [5.41, 5.74) is 4.20. The Morgan fingerprint density at radius 1 is 1.24 bits per heavy atom. The van der Waals surface area contributed by atoms with Crippen molar-refractivity contribution in [2.75, 3.05) is 26.3 Å². The Balaban J connectivity index is 1.49. The van der Waals surface area contributed by atoms with Crippen molar-refractivity contribution in [1.82, 2.24) is 4.90 Å². The summed E-state index contributed by atoms with van der Waals surface area (Å²) < 4.78 is 17.5. The quantitative estimate of drug-likeness (QED) is 0.781. The third-order valence-corrected chi connectivity index (χ3v) is 5.45. The first-order valence-electron chi connectivity index (χ1n) is 8.11. The van der Waals surface area contributed by atoms with Gasteiger partial charge in [-0.25, -0.2) is 0 Å². The predicted octanol–water partition coefficient (Wildman–Crippen LogP) is 2.55. The maximum absolute atomic E-state index is 5.86. The minimum atomic E-state index is -0.541. The third kappa shape index (κ3) is 1.85. The van der Waals surface area contributed by atoms with Crippen molar-refractivity contribution in [2.45, 2.75) is 31.5 Å². The lowest BCUT2D eigenvalue weighted by molar-refractivity contribution is -0.105. The van der Waals surface area contributed by atoms with Gasteiger partial charge >= 0.3 is 0 Å². The fourth-order valence-corrected chi connectivity index (χ4v) is 4.15. The Hall–Kier alpha value is -1.42. The summed E-state index contributed by atoms with van der Waals surface area (Å²) in [5.74, 6) is 0.962. The van der Waals surface area contributed by atoms with E-state index in [1.807, 2.05) is 0 Å². The molecule has 1 atom stereocenters. The van der Waals surface area contributed by atoms with Gasteiger partial charge in [0.05, 0.1) is 18.9 Å². The average Bonchev–Trinajstić information content (AvgIpc) is 3.09. The van der Waals surface area contributed by atoms with Crippen LogP contribution >= 0.6 is 0 Å². The Kier molecular flexibility index (Phi) is 2.48. The highest BCUT2D eigenvalue weighted by Gasteiger charge is 2.50. The fraction of sp³-hybridized carbons (Fsp3) is 0.647. The lowest BCUT2D eigenvalue weighted by Crippen LogP contribution is -2.38. The van der Waals surface area contributed by atoms with Crippen molar-refractivity contribution in [3.8, 4) is 0 Å². The van der Waals surface area contributed by atoms with E-state index in [0.29, 0.717) is 5.92 Å². The number of rotatable bonds is 2. The molecule has 0 radical (unpaired) electrons. The number of hydrogen-bond acceptors (Lipinski definition) is 4. The van der Waals surface area contributed by atoms with Crippen LogP contribution in [-0.2, 0) is 14.2 Å². The van der Waals surface area contributed by atoms with Crippen molar-refractivity contribution in [2.24, 2.45) is 11.8 Å². The van der Waals surface area contributed by atoms with Gasteiger partial charge in [-0.3, -0.25) is 0 Å². The van der Waals surface area contributed by atoms with Gasteiger partial charge in [0, 0.05) is 25.4 Å². The highest BCUT2D eigenvalue weighted by molar-refractivity contribution is 5.41. The van der Waals surface area contributed by atoms with Gasteiger partial charge in [-0.1, -0.05) is 12.8 Å². The maximum atomic E-state index is 5.86. The number of ether oxygens (including phenoxy) is 3. The zero-order valence-electron chi connectivity index (χ0n) is 12.2. The molecule has 5 rings (SSSR count). The first kappa shape index (κ1) is 12.2. The van der Waals surface area contributed by atoms with Gasteiger partial charge in [0.25, 0.3) is 5.79 Å². The molecule has 1 spiro atoms. The van der Waals surface area contributed by atoms with E-state index in [1.165, 1.54) is 36.1 Å². The van der Waals surface area contributed by atoms with Crippen LogP contribution in [-0.4, -0.2) is 37.0 Å². The standard InChI is InChI=1S/C17H21NO3/c1-2-12(1)7-13-10-19-11-14-9-18-4-3-17(20-5-6-21-17)16(18)8-15(13)14/h5-6,8,12-13H,1-4,7,9-11H2.